The summed E-state index contributed by atoms with van der Waals surface area (Å²) in [5.74, 6) is -1.41. The summed E-state index contributed by atoms with van der Waals surface area (Å²) in [5, 5.41) is 14.3. The van der Waals surface area contributed by atoms with Gasteiger partial charge in [0.2, 0.25) is 5.91 Å². The fraction of sp³-hybridized carbons (Fsp3) is 0.300. The van der Waals surface area contributed by atoms with Crippen molar-refractivity contribution in [1.82, 2.24) is 4.98 Å². The molecule has 0 saturated heterocycles. The predicted octanol–water partition coefficient (Wildman–Crippen LogP) is 1.70. The average molecular weight is 249 g/mol. The lowest BCUT2D eigenvalue weighted by Gasteiger charge is -2.04. The second-order valence-corrected chi connectivity index (χ2v) is 3.37. The van der Waals surface area contributed by atoms with Gasteiger partial charge in [-0.1, -0.05) is 5.11 Å². The third-order valence-corrected chi connectivity index (χ3v) is 1.97. The predicted molar refractivity (Wildman–Crippen MR) is 62.6 cm³/mol. The summed E-state index contributed by atoms with van der Waals surface area (Å²) in [4.78, 5) is 28.1. The molecule has 0 spiro atoms. The van der Waals surface area contributed by atoms with E-state index in [9.17, 15) is 9.59 Å². The Morgan fingerprint density at radius 1 is 1.44 bits per heavy atom. The number of aromatic nitrogens is 1. The third kappa shape index (κ3) is 4.95. The summed E-state index contributed by atoms with van der Waals surface area (Å²) in [6.45, 7) is 0.143. The minimum Gasteiger partial charge on any atom is -0.481 e. The van der Waals surface area contributed by atoms with Crippen LogP contribution in [0, 0.1) is 0 Å². The second-order valence-electron chi connectivity index (χ2n) is 3.37. The highest BCUT2D eigenvalue weighted by atomic mass is 16.4. The number of hydrogen-bond donors (Lipinski definition) is 2. The molecule has 1 heterocycles. The van der Waals surface area contributed by atoms with Crippen LogP contribution in [0.2, 0.25) is 0 Å². The van der Waals surface area contributed by atoms with Crippen molar-refractivity contribution in [3.8, 4) is 0 Å². The Morgan fingerprint density at radius 3 is 2.78 bits per heavy atom. The first-order valence-electron chi connectivity index (χ1n) is 5.09. The number of carboxylic acids is 1. The van der Waals surface area contributed by atoms with Crippen LogP contribution >= 0.6 is 0 Å². The first-order chi connectivity index (χ1) is 8.61. The maximum absolute atomic E-state index is 11.3. The van der Waals surface area contributed by atoms with Crippen LogP contribution < -0.4 is 5.32 Å². The molecular formula is C10H11N5O3. The third-order valence-electron chi connectivity index (χ3n) is 1.97. The number of carbonyl (C=O) groups is 2. The van der Waals surface area contributed by atoms with Crippen molar-refractivity contribution in [2.24, 2.45) is 5.11 Å². The summed E-state index contributed by atoms with van der Waals surface area (Å²) >= 11 is 0. The van der Waals surface area contributed by atoms with Crippen LogP contribution in [0.25, 0.3) is 10.4 Å². The summed E-state index contributed by atoms with van der Waals surface area (Å²) < 4.78 is 0. The molecule has 2 N–H and O–H groups in total. The molecule has 8 nitrogen and oxygen atoms in total. The molecule has 0 fully saturated rings. The molecule has 8 heteroatoms. The molecule has 1 amide bonds. The maximum atomic E-state index is 11.3. The molecule has 0 aliphatic rings. The SMILES string of the molecule is [N-]=[N+]=NCc1ccc(NC(=O)CCC(=O)O)cn1. The van der Waals surface area contributed by atoms with E-state index in [1.165, 1.54) is 6.20 Å². The van der Waals surface area contributed by atoms with Gasteiger partial charge < -0.3 is 10.4 Å². The van der Waals surface area contributed by atoms with Crippen molar-refractivity contribution < 1.29 is 14.7 Å². The number of rotatable bonds is 6. The monoisotopic (exact) mass is 249 g/mol. The lowest BCUT2D eigenvalue weighted by atomic mass is 10.3. The van der Waals surface area contributed by atoms with Gasteiger partial charge in [0.25, 0.3) is 0 Å². The Morgan fingerprint density at radius 2 is 2.22 bits per heavy atom. The zero-order valence-corrected chi connectivity index (χ0v) is 9.41. The topological polar surface area (TPSA) is 128 Å². The molecule has 1 aromatic rings. The molecule has 0 aliphatic carbocycles. The van der Waals surface area contributed by atoms with Crippen LogP contribution in [0.3, 0.4) is 0 Å². The fourth-order valence-corrected chi connectivity index (χ4v) is 1.14. The van der Waals surface area contributed by atoms with Gasteiger partial charge in [-0.2, -0.15) is 0 Å². The molecule has 0 unspecified atom stereocenters. The van der Waals surface area contributed by atoms with Crippen molar-refractivity contribution in [2.75, 3.05) is 5.32 Å². The number of pyridine rings is 1. The number of azide groups is 1. The van der Waals surface area contributed by atoms with Crippen molar-refractivity contribution in [3.63, 3.8) is 0 Å². The molecular weight excluding hydrogens is 238 g/mol. The standard InChI is InChI=1S/C10H11N5O3/c11-15-13-6-7-1-2-8(5-12-7)14-9(16)3-4-10(17)18/h1-2,5H,3-4,6H2,(H,14,16)(H,17,18). The minimum absolute atomic E-state index is 0.0875. The first kappa shape index (κ1) is 13.5. The molecule has 0 saturated carbocycles. The summed E-state index contributed by atoms with van der Waals surface area (Å²) in [6.07, 6.45) is 1.12. The molecule has 1 rings (SSSR count). The molecule has 0 aromatic carbocycles. The van der Waals surface area contributed by atoms with Crippen molar-refractivity contribution in [2.45, 2.75) is 19.4 Å². The van der Waals surface area contributed by atoms with Gasteiger partial charge in [-0.05, 0) is 17.7 Å². The Balaban J connectivity index is 2.50. The van der Waals surface area contributed by atoms with Crippen molar-refractivity contribution in [1.29, 1.82) is 0 Å². The Bertz CT molecular complexity index is 479. The highest BCUT2D eigenvalue weighted by Crippen LogP contribution is 2.08. The van der Waals surface area contributed by atoms with Gasteiger partial charge in [-0.3, -0.25) is 14.6 Å². The average Bonchev–Trinajstić information content (AvgIpc) is 2.35. The fourth-order valence-electron chi connectivity index (χ4n) is 1.14. The molecule has 0 radical (unpaired) electrons. The first-order valence-corrected chi connectivity index (χ1v) is 5.09. The van der Waals surface area contributed by atoms with Gasteiger partial charge in [0.1, 0.15) is 0 Å². The van der Waals surface area contributed by atoms with Crippen LogP contribution in [-0.4, -0.2) is 22.0 Å². The van der Waals surface area contributed by atoms with Gasteiger partial charge >= 0.3 is 5.97 Å². The normalized spacial score (nSPS) is 9.33. The number of carbonyl (C=O) groups excluding carboxylic acids is 1. The zero-order chi connectivity index (χ0) is 13.4. The number of carboxylic acid groups (broad SMARTS) is 1. The molecule has 0 atom stereocenters. The van der Waals surface area contributed by atoms with Crippen LogP contribution in [0.1, 0.15) is 18.5 Å². The molecule has 94 valence electrons. The van der Waals surface area contributed by atoms with E-state index in [4.69, 9.17) is 10.6 Å². The van der Waals surface area contributed by atoms with Crippen LogP contribution in [-0.2, 0) is 16.1 Å². The second kappa shape index (κ2) is 6.87. The number of aliphatic carboxylic acids is 1. The largest absolute Gasteiger partial charge is 0.481 e. The summed E-state index contributed by atoms with van der Waals surface area (Å²) in [6, 6.07) is 3.22. The van der Waals surface area contributed by atoms with Crippen LogP contribution in [0.5, 0.6) is 0 Å². The van der Waals surface area contributed by atoms with E-state index in [2.05, 4.69) is 20.3 Å². The van der Waals surface area contributed by atoms with Gasteiger partial charge in [0, 0.05) is 17.0 Å². The maximum Gasteiger partial charge on any atom is 0.303 e. The summed E-state index contributed by atoms with van der Waals surface area (Å²) in [7, 11) is 0. The van der Waals surface area contributed by atoms with E-state index in [1.54, 1.807) is 12.1 Å². The number of nitrogens with zero attached hydrogens (tertiary/aromatic N) is 4. The Labute approximate surface area is 102 Å². The van der Waals surface area contributed by atoms with E-state index in [0.717, 1.165) is 0 Å². The van der Waals surface area contributed by atoms with Crippen molar-refractivity contribution in [3.05, 3.63) is 34.5 Å². The number of nitrogens with one attached hydrogen (secondary N) is 1. The quantitative estimate of drug-likeness (QED) is 0.451. The number of anilines is 1. The lowest BCUT2D eigenvalue weighted by molar-refractivity contribution is -0.138. The van der Waals surface area contributed by atoms with Gasteiger partial charge in [-0.25, -0.2) is 0 Å². The Kier molecular flexibility index (Phi) is 5.14. The molecule has 0 aliphatic heterocycles. The van der Waals surface area contributed by atoms with Crippen molar-refractivity contribution >= 4 is 17.6 Å². The van der Waals surface area contributed by atoms with E-state index in [-0.39, 0.29) is 25.3 Å². The smallest absolute Gasteiger partial charge is 0.303 e. The molecule has 1 aromatic heterocycles. The number of hydrogen-bond acceptors (Lipinski definition) is 4. The van der Waals surface area contributed by atoms with Gasteiger partial charge in [-0.15, -0.1) is 0 Å². The van der Waals surface area contributed by atoms with E-state index in [1.807, 2.05) is 0 Å². The van der Waals surface area contributed by atoms with E-state index < -0.39 is 5.97 Å². The van der Waals surface area contributed by atoms with Gasteiger partial charge in [0.05, 0.1) is 24.8 Å². The van der Waals surface area contributed by atoms with Crippen LogP contribution in [0.15, 0.2) is 23.4 Å². The number of amides is 1. The lowest BCUT2D eigenvalue weighted by Crippen LogP contribution is -2.13. The van der Waals surface area contributed by atoms with Gasteiger partial charge in [0.15, 0.2) is 0 Å². The minimum atomic E-state index is -1.02. The molecule has 0 bridgehead atoms. The van der Waals surface area contributed by atoms with E-state index in [0.29, 0.717) is 11.4 Å². The molecule has 18 heavy (non-hydrogen) atoms. The Hall–Kier alpha value is -2.60. The van der Waals surface area contributed by atoms with E-state index >= 15 is 0 Å². The highest BCUT2D eigenvalue weighted by Gasteiger charge is 2.05. The zero-order valence-electron chi connectivity index (χ0n) is 9.41. The van der Waals surface area contributed by atoms with Crippen LogP contribution in [0.4, 0.5) is 5.69 Å². The summed E-state index contributed by atoms with van der Waals surface area (Å²) in [5.41, 5.74) is 9.18. The highest BCUT2D eigenvalue weighted by molar-refractivity contribution is 5.92.